The van der Waals surface area contributed by atoms with Crippen LogP contribution in [-0.2, 0) is 0 Å². The Morgan fingerprint density at radius 2 is 2.19 bits per heavy atom. The lowest BCUT2D eigenvalue weighted by Gasteiger charge is -2.10. The molecule has 16 heavy (non-hydrogen) atoms. The molecule has 0 amide bonds. The number of benzene rings is 1. The Morgan fingerprint density at radius 1 is 1.62 bits per heavy atom. The molecule has 1 rings (SSSR count). The molecule has 0 atom stereocenters. The van der Waals surface area contributed by atoms with Crippen LogP contribution in [0, 0.1) is 17.0 Å². The lowest BCUT2D eigenvalue weighted by molar-refractivity contribution is -0.384. The van der Waals surface area contributed by atoms with Gasteiger partial charge in [-0.2, -0.15) is 0 Å². The fraction of sp³-hybridized carbons (Fsp3) is 0.222. The van der Waals surface area contributed by atoms with E-state index in [4.69, 9.17) is 5.11 Å². The van der Waals surface area contributed by atoms with E-state index in [1.165, 1.54) is 0 Å². The Kier molecular flexibility index (Phi) is 3.48. The minimum absolute atomic E-state index is 0.122. The first kappa shape index (κ1) is 12.4. The van der Waals surface area contributed by atoms with Crippen molar-refractivity contribution in [2.45, 2.75) is 6.92 Å². The van der Waals surface area contributed by atoms with Crippen molar-refractivity contribution in [2.24, 2.45) is 0 Å². The van der Waals surface area contributed by atoms with Gasteiger partial charge in [0.1, 0.15) is 5.69 Å². The summed E-state index contributed by atoms with van der Waals surface area (Å²) in [5, 5.41) is 22.4. The van der Waals surface area contributed by atoms with Crippen LogP contribution in [-0.4, -0.2) is 23.0 Å². The van der Waals surface area contributed by atoms with Crippen molar-refractivity contribution in [2.75, 3.05) is 12.4 Å². The molecule has 0 fully saturated rings. The van der Waals surface area contributed by atoms with Crippen molar-refractivity contribution in [3.05, 3.63) is 31.8 Å². The molecule has 0 bridgehead atoms. The number of hydrogen-bond acceptors (Lipinski definition) is 4. The maximum absolute atomic E-state index is 10.9. The summed E-state index contributed by atoms with van der Waals surface area (Å²) < 4.78 is 0.343. The van der Waals surface area contributed by atoms with Crippen LogP contribution in [0.4, 0.5) is 11.4 Å². The topological polar surface area (TPSA) is 92.5 Å². The summed E-state index contributed by atoms with van der Waals surface area (Å²) in [5.41, 5.74) is 0.430. The number of carboxylic acid groups (broad SMARTS) is 1. The van der Waals surface area contributed by atoms with E-state index in [2.05, 4.69) is 21.2 Å². The van der Waals surface area contributed by atoms with Crippen molar-refractivity contribution in [1.82, 2.24) is 0 Å². The van der Waals surface area contributed by atoms with Crippen molar-refractivity contribution in [3.8, 4) is 0 Å². The van der Waals surface area contributed by atoms with Gasteiger partial charge in [-0.1, -0.05) is 0 Å². The molecule has 0 heterocycles. The lowest BCUT2D eigenvalue weighted by Crippen LogP contribution is -2.05. The highest BCUT2D eigenvalue weighted by Crippen LogP contribution is 2.35. The smallest absolute Gasteiger partial charge is 0.337 e. The molecule has 0 radical (unpaired) electrons. The van der Waals surface area contributed by atoms with Gasteiger partial charge >= 0.3 is 5.97 Å². The van der Waals surface area contributed by atoms with E-state index in [9.17, 15) is 14.9 Å². The monoisotopic (exact) mass is 288 g/mol. The van der Waals surface area contributed by atoms with E-state index in [-0.39, 0.29) is 11.3 Å². The Bertz CT molecular complexity index is 473. The van der Waals surface area contributed by atoms with Crippen molar-refractivity contribution in [3.63, 3.8) is 0 Å². The van der Waals surface area contributed by atoms with Crippen LogP contribution >= 0.6 is 15.9 Å². The second-order valence-electron chi connectivity index (χ2n) is 3.07. The molecular weight excluding hydrogens is 280 g/mol. The highest BCUT2D eigenvalue weighted by Gasteiger charge is 2.23. The van der Waals surface area contributed by atoms with Gasteiger partial charge in [-0.05, 0) is 28.4 Å². The van der Waals surface area contributed by atoms with Gasteiger partial charge in [0, 0.05) is 17.6 Å². The van der Waals surface area contributed by atoms with E-state index >= 15 is 0 Å². The number of halogens is 1. The maximum atomic E-state index is 10.9. The SMILES string of the molecule is CNc1c([N+](=O)[O-])cc(C(=O)O)c(Br)c1C. The number of nitrogens with zero attached hydrogens (tertiary/aromatic N) is 1. The van der Waals surface area contributed by atoms with E-state index in [0.717, 1.165) is 6.07 Å². The zero-order valence-electron chi connectivity index (χ0n) is 8.57. The summed E-state index contributed by atoms with van der Waals surface area (Å²) in [5.74, 6) is -1.21. The molecule has 7 heteroatoms. The third-order valence-corrected chi connectivity index (χ3v) is 3.18. The van der Waals surface area contributed by atoms with Crippen LogP contribution in [0.5, 0.6) is 0 Å². The van der Waals surface area contributed by atoms with Crippen molar-refractivity contribution >= 4 is 33.3 Å². The quantitative estimate of drug-likeness (QED) is 0.658. The minimum atomic E-state index is -1.21. The van der Waals surface area contributed by atoms with Gasteiger partial charge in [0.05, 0.1) is 10.5 Å². The van der Waals surface area contributed by atoms with Gasteiger partial charge in [0.2, 0.25) is 0 Å². The molecular formula is C9H9BrN2O4. The highest BCUT2D eigenvalue weighted by molar-refractivity contribution is 9.10. The first-order valence-corrected chi connectivity index (χ1v) is 5.08. The molecule has 0 saturated heterocycles. The fourth-order valence-corrected chi connectivity index (χ4v) is 1.87. The Hall–Kier alpha value is -1.63. The third kappa shape index (κ3) is 1.99. The number of carbonyl (C=O) groups is 1. The highest BCUT2D eigenvalue weighted by atomic mass is 79.9. The maximum Gasteiger partial charge on any atom is 0.337 e. The minimum Gasteiger partial charge on any atom is -0.478 e. The molecule has 1 aromatic carbocycles. The zero-order chi connectivity index (χ0) is 12.5. The summed E-state index contributed by atoms with van der Waals surface area (Å²) in [7, 11) is 1.54. The van der Waals surface area contributed by atoms with Crippen LogP contribution in [0.2, 0.25) is 0 Å². The van der Waals surface area contributed by atoms with Gasteiger partial charge < -0.3 is 10.4 Å². The molecule has 0 unspecified atom stereocenters. The molecule has 0 spiro atoms. The van der Waals surface area contributed by atoms with Crippen LogP contribution in [0.25, 0.3) is 0 Å². The third-order valence-electron chi connectivity index (χ3n) is 2.16. The summed E-state index contributed by atoms with van der Waals surface area (Å²) in [6.07, 6.45) is 0. The van der Waals surface area contributed by atoms with E-state index < -0.39 is 10.9 Å². The molecule has 0 aliphatic rings. The molecule has 1 aromatic rings. The predicted octanol–water partition coefficient (Wildman–Crippen LogP) is 2.41. The summed E-state index contributed by atoms with van der Waals surface area (Å²) in [6.45, 7) is 1.61. The van der Waals surface area contributed by atoms with Gasteiger partial charge in [-0.15, -0.1) is 0 Å². The van der Waals surface area contributed by atoms with Crippen molar-refractivity contribution in [1.29, 1.82) is 0 Å². The second kappa shape index (κ2) is 4.48. The number of carboxylic acids is 1. The standard InChI is InChI=1S/C9H9BrN2O4/c1-4-7(10)5(9(13)14)3-6(12(15)16)8(4)11-2/h3,11H,1-2H3,(H,13,14). The van der Waals surface area contributed by atoms with Crippen LogP contribution in [0.3, 0.4) is 0 Å². The predicted molar refractivity (Wildman–Crippen MR) is 62.0 cm³/mol. The summed E-state index contributed by atoms with van der Waals surface area (Å²) in [4.78, 5) is 21.0. The van der Waals surface area contributed by atoms with Gasteiger partial charge in [0.15, 0.2) is 0 Å². The molecule has 0 aliphatic carbocycles. The number of rotatable bonds is 3. The molecule has 0 aromatic heterocycles. The summed E-state index contributed by atoms with van der Waals surface area (Å²) in [6, 6.07) is 1.03. The van der Waals surface area contributed by atoms with Crippen LogP contribution in [0.1, 0.15) is 15.9 Å². The van der Waals surface area contributed by atoms with Crippen molar-refractivity contribution < 1.29 is 14.8 Å². The number of nitro benzene ring substituents is 1. The molecule has 86 valence electrons. The lowest BCUT2D eigenvalue weighted by atomic mass is 10.1. The van der Waals surface area contributed by atoms with Crippen LogP contribution < -0.4 is 5.32 Å². The Morgan fingerprint density at radius 3 is 2.56 bits per heavy atom. The van der Waals surface area contributed by atoms with Crippen LogP contribution in [0.15, 0.2) is 10.5 Å². The fourth-order valence-electron chi connectivity index (χ4n) is 1.39. The number of hydrogen-bond donors (Lipinski definition) is 2. The molecule has 6 nitrogen and oxygen atoms in total. The van der Waals surface area contributed by atoms with E-state index in [0.29, 0.717) is 15.7 Å². The van der Waals surface area contributed by atoms with E-state index in [1.807, 2.05) is 0 Å². The average Bonchev–Trinajstić information content (AvgIpc) is 2.20. The number of aromatic carboxylic acids is 1. The first-order chi connectivity index (χ1) is 7.40. The molecule has 2 N–H and O–H groups in total. The largest absolute Gasteiger partial charge is 0.478 e. The number of anilines is 1. The Labute approximate surface area is 99.6 Å². The Balaban J connectivity index is 3.62. The van der Waals surface area contributed by atoms with Gasteiger partial charge in [0.25, 0.3) is 5.69 Å². The first-order valence-electron chi connectivity index (χ1n) is 4.28. The normalized spacial score (nSPS) is 9.94. The number of nitro groups is 1. The van der Waals surface area contributed by atoms with Gasteiger partial charge in [-0.3, -0.25) is 10.1 Å². The molecule has 0 aliphatic heterocycles. The van der Waals surface area contributed by atoms with Gasteiger partial charge in [-0.25, -0.2) is 4.79 Å². The second-order valence-corrected chi connectivity index (χ2v) is 3.86. The molecule has 0 saturated carbocycles. The number of nitrogens with one attached hydrogen (secondary N) is 1. The van der Waals surface area contributed by atoms with E-state index in [1.54, 1.807) is 14.0 Å². The summed E-state index contributed by atoms with van der Waals surface area (Å²) >= 11 is 3.11. The zero-order valence-corrected chi connectivity index (χ0v) is 10.2. The average molecular weight is 289 g/mol.